The SMILES string of the molecule is COC(NC(=O)OC(C)(C)C)C(C)C. The molecule has 0 aliphatic carbocycles. The van der Waals surface area contributed by atoms with Crippen LogP contribution in [0.1, 0.15) is 34.6 Å². The van der Waals surface area contributed by atoms with E-state index in [0.29, 0.717) is 0 Å². The lowest BCUT2D eigenvalue weighted by Gasteiger charge is -2.24. The fourth-order valence-corrected chi connectivity index (χ4v) is 0.921. The van der Waals surface area contributed by atoms with Crippen molar-refractivity contribution in [2.24, 2.45) is 5.92 Å². The van der Waals surface area contributed by atoms with Gasteiger partial charge in [0.05, 0.1) is 0 Å². The van der Waals surface area contributed by atoms with Crippen LogP contribution in [0.5, 0.6) is 0 Å². The molecule has 1 N–H and O–H groups in total. The molecular formula is C10H21NO3. The lowest BCUT2D eigenvalue weighted by molar-refractivity contribution is 0.00817. The highest BCUT2D eigenvalue weighted by Gasteiger charge is 2.20. The maximum absolute atomic E-state index is 11.3. The molecule has 0 saturated carbocycles. The summed E-state index contributed by atoms with van der Waals surface area (Å²) in [6, 6.07) is 0. The first-order valence-electron chi connectivity index (χ1n) is 4.78. The number of hydrogen-bond acceptors (Lipinski definition) is 3. The second-order valence-electron chi connectivity index (χ2n) is 4.55. The van der Waals surface area contributed by atoms with Gasteiger partial charge in [0.1, 0.15) is 11.8 Å². The van der Waals surface area contributed by atoms with Gasteiger partial charge in [-0.25, -0.2) is 4.79 Å². The van der Waals surface area contributed by atoms with Crippen LogP contribution in [0.25, 0.3) is 0 Å². The molecule has 0 aliphatic rings. The number of alkyl carbamates (subject to hydrolysis) is 1. The molecule has 84 valence electrons. The summed E-state index contributed by atoms with van der Waals surface area (Å²) in [5.74, 6) is 0.215. The van der Waals surface area contributed by atoms with Gasteiger partial charge in [-0.2, -0.15) is 0 Å². The zero-order chi connectivity index (χ0) is 11.4. The predicted molar refractivity (Wildman–Crippen MR) is 55.0 cm³/mol. The van der Waals surface area contributed by atoms with Crippen LogP contribution >= 0.6 is 0 Å². The molecule has 0 aromatic heterocycles. The fraction of sp³-hybridized carbons (Fsp3) is 0.900. The Kier molecular flexibility index (Phi) is 4.91. The molecule has 0 aromatic rings. The van der Waals surface area contributed by atoms with Crippen molar-refractivity contribution in [3.63, 3.8) is 0 Å². The van der Waals surface area contributed by atoms with Crippen LogP contribution in [0.2, 0.25) is 0 Å². The fourth-order valence-electron chi connectivity index (χ4n) is 0.921. The predicted octanol–water partition coefficient (Wildman–Crippen LogP) is 2.14. The smallest absolute Gasteiger partial charge is 0.409 e. The molecule has 1 amide bonds. The Labute approximate surface area is 86.0 Å². The van der Waals surface area contributed by atoms with Crippen molar-refractivity contribution in [2.75, 3.05) is 7.11 Å². The first-order valence-corrected chi connectivity index (χ1v) is 4.78. The van der Waals surface area contributed by atoms with Gasteiger partial charge in [0, 0.05) is 7.11 Å². The largest absolute Gasteiger partial charge is 0.444 e. The van der Waals surface area contributed by atoms with E-state index < -0.39 is 11.7 Å². The van der Waals surface area contributed by atoms with E-state index in [4.69, 9.17) is 9.47 Å². The lowest BCUT2D eigenvalue weighted by atomic mass is 10.2. The van der Waals surface area contributed by atoms with Crippen molar-refractivity contribution in [1.82, 2.24) is 5.32 Å². The molecule has 4 nitrogen and oxygen atoms in total. The summed E-state index contributed by atoms with van der Waals surface area (Å²) in [5, 5.41) is 2.64. The zero-order valence-corrected chi connectivity index (χ0v) is 9.88. The van der Waals surface area contributed by atoms with Crippen LogP contribution in [0.15, 0.2) is 0 Å². The molecule has 0 bridgehead atoms. The average Bonchev–Trinajstić information content (AvgIpc) is 1.96. The van der Waals surface area contributed by atoms with Crippen LogP contribution in [-0.2, 0) is 9.47 Å². The average molecular weight is 203 g/mol. The number of rotatable bonds is 3. The normalized spacial score (nSPS) is 13.9. The highest BCUT2D eigenvalue weighted by atomic mass is 16.6. The number of carbonyl (C=O) groups excluding carboxylic acids is 1. The maximum atomic E-state index is 11.3. The van der Waals surface area contributed by atoms with E-state index in [1.165, 1.54) is 0 Å². The van der Waals surface area contributed by atoms with E-state index in [1.54, 1.807) is 7.11 Å². The Morgan fingerprint density at radius 3 is 2.07 bits per heavy atom. The molecule has 0 spiro atoms. The molecule has 1 unspecified atom stereocenters. The van der Waals surface area contributed by atoms with Crippen LogP contribution < -0.4 is 5.32 Å². The van der Waals surface area contributed by atoms with E-state index in [2.05, 4.69) is 5.32 Å². The summed E-state index contributed by atoms with van der Waals surface area (Å²) in [5.41, 5.74) is -0.473. The topological polar surface area (TPSA) is 47.6 Å². The number of methoxy groups -OCH3 is 1. The van der Waals surface area contributed by atoms with Crippen molar-refractivity contribution in [1.29, 1.82) is 0 Å². The summed E-state index contributed by atoms with van der Waals surface area (Å²) in [6.45, 7) is 9.40. The molecule has 0 heterocycles. The van der Waals surface area contributed by atoms with E-state index in [0.717, 1.165) is 0 Å². The van der Waals surface area contributed by atoms with Crippen molar-refractivity contribution in [2.45, 2.75) is 46.4 Å². The van der Waals surface area contributed by atoms with Gasteiger partial charge < -0.3 is 9.47 Å². The Morgan fingerprint density at radius 2 is 1.79 bits per heavy atom. The summed E-state index contributed by atoms with van der Waals surface area (Å²) < 4.78 is 10.2. The molecule has 0 aromatic carbocycles. The molecule has 0 rings (SSSR count). The standard InChI is InChI=1S/C10H21NO3/c1-7(2)8(13-6)11-9(12)14-10(3,4)5/h7-8H,1-6H3,(H,11,12). The lowest BCUT2D eigenvalue weighted by Crippen LogP contribution is -2.42. The number of carbonyl (C=O) groups is 1. The van der Waals surface area contributed by atoms with Crippen LogP contribution in [-0.4, -0.2) is 25.0 Å². The third-order valence-electron chi connectivity index (χ3n) is 1.52. The Morgan fingerprint density at radius 1 is 1.29 bits per heavy atom. The van der Waals surface area contributed by atoms with E-state index in [-0.39, 0.29) is 12.1 Å². The van der Waals surface area contributed by atoms with Crippen molar-refractivity contribution < 1.29 is 14.3 Å². The van der Waals surface area contributed by atoms with Crippen molar-refractivity contribution >= 4 is 6.09 Å². The quantitative estimate of drug-likeness (QED) is 0.715. The first kappa shape index (κ1) is 13.2. The number of ether oxygens (including phenoxy) is 2. The molecule has 14 heavy (non-hydrogen) atoms. The molecule has 0 saturated heterocycles. The minimum atomic E-state index is -0.473. The Balaban J connectivity index is 4.04. The molecule has 0 fully saturated rings. The van der Waals surface area contributed by atoms with Crippen molar-refractivity contribution in [3.8, 4) is 0 Å². The highest BCUT2D eigenvalue weighted by molar-refractivity contribution is 5.67. The van der Waals surface area contributed by atoms with Crippen molar-refractivity contribution in [3.05, 3.63) is 0 Å². The molecule has 1 atom stereocenters. The minimum Gasteiger partial charge on any atom is -0.444 e. The van der Waals surface area contributed by atoms with Gasteiger partial charge in [0.15, 0.2) is 0 Å². The second kappa shape index (κ2) is 5.20. The van der Waals surface area contributed by atoms with Crippen LogP contribution in [0.4, 0.5) is 4.79 Å². The van der Waals surface area contributed by atoms with Gasteiger partial charge in [-0.3, -0.25) is 5.32 Å². The highest BCUT2D eigenvalue weighted by Crippen LogP contribution is 2.08. The van der Waals surface area contributed by atoms with E-state index >= 15 is 0 Å². The number of hydrogen-bond donors (Lipinski definition) is 1. The van der Waals surface area contributed by atoms with E-state index in [1.807, 2.05) is 34.6 Å². The van der Waals surface area contributed by atoms with Crippen LogP contribution in [0, 0.1) is 5.92 Å². The molecule has 0 aliphatic heterocycles. The molecular weight excluding hydrogens is 182 g/mol. The zero-order valence-electron chi connectivity index (χ0n) is 9.88. The van der Waals surface area contributed by atoms with E-state index in [9.17, 15) is 4.79 Å². The Hall–Kier alpha value is -0.770. The summed E-state index contributed by atoms with van der Waals surface area (Å²) in [4.78, 5) is 11.3. The van der Waals surface area contributed by atoms with Gasteiger partial charge in [0.25, 0.3) is 0 Å². The van der Waals surface area contributed by atoms with Gasteiger partial charge >= 0.3 is 6.09 Å². The Bertz CT molecular complexity index is 184. The third-order valence-corrected chi connectivity index (χ3v) is 1.52. The summed E-state index contributed by atoms with van der Waals surface area (Å²) >= 11 is 0. The minimum absolute atomic E-state index is 0.215. The molecule has 4 heteroatoms. The van der Waals surface area contributed by atoms with Crippen LogP contribution in [0.3, 0.4) is 0 Å². The third kappa shape index (κ3) is 5.80. The summed E-state index contributed by atoms with van der Waals surface area (Å²) in [6.07, 6.45) is -0.747. The second-order valence-corrected chi connectivity index (χ2v) is 4.55. The van der Waals surface area contributed by atoms with Gasteiger partial charge in [-0.05, 0) is 26.7 Å². The number of amides is 1. The maximum Gasteiger partial charge on any atom is 0.409 e. The molecule has 0 radical (unpaired) electrons. The van der Waals surface area contributed by atoms with Gasteiger partial charge in [0.2, 0.25) is 0 Å². The van der Waals surface area contributed by atoms with Gasteiger partial charge in [-0.15, -0.1) is 0 Å². The number of nitrogens with one attached hydrogen (secondary N) is 1. The monoisotopic (exact) mass is 203 g/mol. The van der Waals surface area contributed by atoms with Gasteiger partial charge in [-0.1, -0.05) is 13.8 Å². The summed E-state index contributed by atoms with van der Waals surface area (Å²) in [7, 11) is 1.56. The first-order chi connectivity index (χ1) is 6.26.